The van der Waals surface area contributed by atoms with E-state index in [4.69, 9.17) is 9.47 Å². The first-order valence-corrected chi connectivity index (χ1v) is 7.90. The summed E-state index contributed by atoms with van der Waals surface area (Å²) in [5, 5.41) is 7.74. The van der Waals surface area contributed by atoms with Crippen molar-refractivity contribution in [2.24, 2.45) is 0 Å². The van der Waals surface area contributed by atoms with E-state index < -0.39 is 0 Å². The molecule has 0 aliphatic carbocycles. The molecule has 0 saturated heterocycles. The van der Waals surface area contributed by atoms with Gasteiger partial charge in [-0.2, -0.15) is 0 Å². The zero-order valence-electron chi connectivity index (χ0n) is 11.4. The van der Waals surface area contributed by atoms with Gasteiger partial charge in [0.05, 0.1) is 6.04 Å². The van der Waals surface area contributed by atoms with Crippen LogP contribution in [0.1, 0.15) is 11.8 Å². The molecular weight excluding hydrogens is 278 g/mol. The highest BCUT2D eigenvalue weighted by Gasteiger charge is 2.15. The predicted molar refractivity (Wildman–Crippen MR) is 81.7 cm³/mol. The summed E-state index contributed by atoms with van der Waals surface area (Å²) in [6, 6.07) is 6.63. The molecule has 1 atom stereocenters. The van der Waals surface area contributed by atoms with E-state index in [0.29, 0.717) is 0 Å². The lowest BCUT2D eigenvalue weighted by Gasteiger charge is -2.21. The normalized spacial score (nSPS) is 13.1. The van der Waals surface area contributed by atoms with Gasteiger partial charge >= 0.3 is 0 Å². The Bertz CT molecular complexity index is 477. The average Bonchev–Trinajstić information content (AvgIpc) is 3.08. The third-order valence-electron chi connectivity index (χ3n) is 2.93. The molecule has 0 spiro atoms. The molecule has 0 radical (unpaired) electrons. The van der Waals surface area contributed by atoms with Crippen LogP contribution in [-0.2, 0) is 16.0 Å². The number of ether oxygens (including phenoxy) is 2. The summed E-state index contributed by atoms with van der Waals surface area (Å²) in [6.45, 7) is 2.89. The van der Waals surface area contributed by atoms with Crippen LogP contribution in [0.3, 0.4) is 0 Å². The van der Waals surface area contributed by atoms with Crippen molar-refractivity contribution in [1.82, 2.24) is 5.32 Å². The van der Waals surface area contributed by atoms with Gasteiger partial charge in [0.25, 0.3) is 0 Å². The summed E-state index contributed by atoms with van der Waals surface area (Å²) < 4.78 is 10.5. The summed E-state index contributed by atoms with van der Waals surface area (Å²) >= 11 is 3.55. The Morgan fingerprint density at radius 3 is 2.68 bits per heavy atom. The van der Waals surface area contributed by atoms with E-state index >= 15 is 0 Å². The third kappa shape index (κ3) is 3.87. The Kier molecular flexibility index (Phi) is 5.54. The fourth-order valence-corrected chi connectivity index (χ4v) is 3.53. The van der Waals surface area contributed by atoms with Gasteiger partial charge in [0, 0.05) is 36.1 Å². The van der Waals surface area contributed by atoms with E-state index in [-0.39, 0.29) is 12.3 Å². The Hall–Kier alpha value is -0.720. The first kappa shape index (κ1) is 14.7. The topological polar surface area (TPSA) is 30.5 Å². The summed E-state index contributed by atoms with van der Waals surface area (Å²) in [7, 11) is 3.32. The maximum atomic E-state index is 5.23. The summed E-state index contributed by atoms with van der Waals surface area (Å²) in [5.41, 5.74) is 1.31. The second-order valence-corrected chi connectivity index (χ2v) is 6.23. The minimum absolute atomic E-state index is 0.155. The Morgan fingerprint density at radius 2 is 2.05 bits per heavy atom. The molecule has 2 aromatic rings. The van der Waals surface area contributed by atoms with Crippen LogP contribution in [-0.4, -0.2) is 26.6 Å². The van der Waals surface area contributed by atoms with Crippen molar-refractivity contribution in [3.63, 3.8) is 0 Å². The molecule has 1 N–H and O–H groups in total. The van der Waals surface area contributed by atoms with E-state index in [9.17, 15) is 0 Å². The lowest BCUT2D eigenvalue weighted by Crippen LogP contribution is -2.39. The number of hydrogen-bond donors (Lipinski definition) is 1. The Balaban J connectivity index is 1.90. The second kappa shape index (κ2) is 7.17. The monoisotopic (exact) mass is 297 g/mol. The average molecular weight is 297 g/mol. The number of hydrogen-bond acceptors (Lipinski definition) is 5. The van der Waals surface area contributed by atoms with Gasteiger partial charge in [0.1, 0.15) is 0 Å². The fraction of sp³-hybridized carbons (Fsp3) is 0.429. The largest absolute Gasteiger partial charge is 0.354 e. The zero-order chi connectivity index (χ0) is 13.7. The minimum atomic E-state index is -0.211. The maximum absolute atomic E-state index is 5.23. The van der Waals surface area contributed by atoms with E-state index in [1.807, 2.05) is 0 Å². The maximum Gasteiger partial charge on any atom is 0.171 e. The quantitative estimate of drug-likeness (QED) is 0.793. The highest BCUT2D eigenvalue weighted by atomic mass is 32.1. The number of rotatable bonds is 7. The number of nitrogens with one attached hydrogen (secondary N) is 1. The molecule has 0 saturated carbocycles. The van der Waals surface area contributed by atoms with Crippen LogP contribution in [0.25, 0.3) is 10.4 Å². The molecule has 0 aliphatic rings. The van der Waals surface area contributed by atoms with Gasteiger partial charge in [-0.3, -0.25) is 0 Å². The second-order valence-electron chi connectivity index (χ2n) is 4.29. The van der Waals surface area contributed by atoms with Crippen molar-refractivity contribution in [3.05, 3.63) is 33.8 Å². The lowest BCUT2D eigenvalue weighted by molar-refractivity contribution is -0.119. The molecule has 2 heterocycles. The molecule has 0 fully saturated rings. The van der Waals surface area contributed by atoms with Crippen LogP contribution in [0, 0.1) is 0 Å². The van der Waals surface area contributed by atoms with Crippen molar-refractivity contribution in [1.29, 1.82) is 0 Å². The standard InChI is InChI=1S/C14H19NO2S2/c1-10(14(16-2)17-3)15-8-12-7-11(9-19-12)13-5-4-6-18-13/h4-7,9-10,14-15H,8H2,1-3H3. The first-order chi connectivity index (χ1) is 9.24. The number of thiophene rings is 2. The molecule has 0 aliphatic heterocycles. The van der Waals surface area contributed by atoms with Gasteiger partial charge in [-0.15, -0.1) is 22.7 Å². The lowest BCUT2D eigenvalue weighted by atomic mass is 10.2. The molecule has 2 aromatic heterocycles. The van der Waals surface area contributed by atoms with E-state index in [0.717, 1.165) is 6.54 Å². The van der Waals surface area contributed by atoms with Crippen molar-refractivity contribution in [2.75, 3.05) is 14.2 Å². The van der Waals surface area contributed by atoms with E-state index in [1.165, 1.54) is 15.3 Å². The van der Waals surface area contributed by atoms with Crippen LogP contribution in [0.15, 0.2) is 29.0 Å². The van der Waals surface area contributed by atoms with Gasteiger partial charge in [-0.05, 0) is 29.8 Å². The molecule has 0 bridgehead atoms. The zero-order valence-corrected chi connectivity index (χ0v) is 13.0. The fourth-order valence-electron chi connectivity index (χ4n) is 1.91. The number of methoxy groups -OCH3 is 2. The minimum Gasteiger partial charge on any atom is -0.354 e. The molecule has 0 amide bonds. The summed E-state index contributed by atoms with van der Waals surface area (Å²) in [5.74, 6) is 0. The predicted octanol–water partition coefficient (Wildman–Crippen LogP) is 3.57. The molecule has 19 heavy (non-hydrogen) atoms. The van der Waals surface area contributed by atoms with Gasteiger partial charge in [0.2, 0.25) is 0 Å². The van der Waals surface area contributed by atoms with Crippen molar-refractivity contribution >= 4 is 22.7 Å². The molecule has 3 nitrogen and oxygen atoms in total. The highest BCUT2D eigenvalue weighted by Crippen LogP contribution is 2.29. The van der Waals surface area contributed by atoms with Crippen LogP contribution >= 0.6 is 22.7 Å². The highest BCUT2D eigenvalue weighted by molar-refractivity contribution is 7.14. The van der Waals surface area contributed by atoms with Crippen molar-refractivity contribution < 1.29 is 9.47 Å². The molecular formula is C14H19NO2S2. The SMILES string of the molecule is COC(OC)C(C)NCc1cc(-c2cccs2)cs1. The van der Waals surface area contributed by atoms with Crippen LogP contribution < -0.4 is 5.32 Å². The molecule has 1 unspecified atom stereocenters. The third-order valence-corrected chi connectivity index (χ3v) is 4.79. The van der Waals surface area contributed by atoms with Crippen LogP contribution in [0.2, 0.25) is 0 Å². The smallest absolute Gasteiger partial charge is 0.171 e. The van der Waals surface area contributed by atoms with E-state index in [2.05, 4.69) is 41.2 Å². The Morgan fingerprint density at radius 1 is 1.26 bits per heavy atom. The molecule has 2 rings (SSSR count). The van der Waals surface area contributed by atoms with Gasteiger partial charge < -0.3 is 14.8 Å². The van der Waals surface area contributed by atoms with E-state index in [1.54, 1.807) is 36.9 Å². The molecule has 104 valence electrons. The van der Waals surface area contributed by atoms with Crippen molar-refractivity contribution in [3.8, 4) is 10.4 Å². The van der Waals surface area contributed by atoms with Gasteiger partial charge in [-0.1, -0.05) is 6.07 Å². The van der Waals surface area contributed by atoms with Crippen LogP contribution in [0.5, 0.6) is 0 Å². The van der Waals surface area contributed by atoms with Gasteiger partial charge in [0.15, 0.2) is 6.29 Å². The summed E-state index contributed by atoms with van der Waals surface area (Å²) in [4.78, 5) is 2.64. The van der Waals surface area contributed by atoms with Crippen molar-refractivity contribution in [2.45, 2.75) is 25.8 Å². The Labute approximate surface area is 122 Å². The molecule has 5 heteroatoms. The summed E-state index contributed by atoms with van der Waals surface area (Å²) in [6.07, 6.45) is -0.211. The first-order valence-electron chi connectivity index (χ1n) is 6.15. The van der Waals surface area contributed by atoms with Gasteiger partial charge in [-0.25, -0.2) is 0 Å². The molecule has 0 aromatic carbocycles. The van der Waals surface area contributed by atoms with Crippen LogP contribution in [0.4, 0.5) is 0 Å².